The molecule has 0 radical (unpaired) electrons. The molecule has 1 atom stereocenters. The van der Waals surface area contributed by atoms with Crippen LogP contribution >= 0.6 is 11.6 Å². The molecule has 0 heterocycles. The molecule has 0 aliphatic heterocycles. The molecular weight excluding hydrogens is 622 g/mol. The highest BCUT2D eigenvalue weighted by Gasteiger charge is 2.34. The Bertz CT molecular complexity index is 1680. The number of hydrogen-bond donors (Lipinski definition) is 1. The van der Waals surface area contributed by atoms with Gasteiger partial charge < -0.3 is 15.0 Å². The van der Waals surface area contributed by atoms with Crippen LogP contribution in [0.3, 0.4) is 0 Å². The van der Waals surface area contributed by atoms with Crippen LogP contribution in [0.1, 0.15) is 36.5 Å². The van der Waals surface area contributed by atoms with Crippen molar-refractivity contribution in [2.24, 2.45) is 0 Å². The fraction of sp³-hybridized carbons (Fsp3) is 0.278. The molecule has 2 amide bonds. The lowest BCUT2D eigenvalue weighted by atomic mass is 10.0. The van der Waals surface area contributed by atoms with Gasteiger partial charge in [-0.3, -0.25) is 13.9 Å². The van der Waals surface area contributed by atoms with Gasteiger partial charge in [0.25, 0.3) is 10.0 Å². The van der Waals surface area contributed by atoms with Gasteiger partial charge in [0.1, 0.15) is 18.3 Å². The topological polar surface area (TPSA) is 96.0 Å². The molecule has 0 aliphatic rings. The van der Waals surface area contributed by atoms with E-state index in [9.17, 15) is 18.0 Å². The number of ether oxygens (including phenoxy) is 1. The van der Waals surface area contributed by atoms with Crippen molar-refractivity contribution in [1.82, 2.24) is 10.2 Å². The summed E-state index contributed by atoms with van der Waals surface area (Å²) in [6.45, 7) is 3.89. The number of hydrogen-bond acceptors (Lipinski definition) is 5. The fourth-order valence-electron chi connectivity index (χ4n) is 4.96. The number of unbranched alkanes of at least 4 members (excludes halogenated alkanes) is 1. The zero-order chi connectivity index (χ0) is 33.1. The maximum Gasteiger partial charge on any atom is 0.264 e. The number of amides is 2. The van der Waals surface area contributed by atoms with Gasteiger partial charge in [-0.1, -0.05) is 85.1 Å². The van der Waals surface area contributed by atoms with Gasteiger partial charge in [-0.2, -0.15) is 0 Å². The minimum absolute atomic E-state index is 0.0455. The number of aryl methyl sites for hydroxylation is 1. The van der Waals surface area contributed by atoms with Crippen LogP contribution in [-0.4, -0.2) is 51.4 Å². The number of methoxy groups -OCH3 is 1. The summed E-state index contributed by atoms with van der Waals surface area (Å²) in [6, 6.07) is 28.5. The Kier molecular flexibility index (Phi) is 12.2. The molecule has 0 aromatic heterocycles. The summed E-state index contributed by atoms with van der Waals surface area (Å²) in [4.78, 5) is 29.8. The van der Waals surface area contributed by atoms with Crippen molar-refractivity contribution in [1.29, 1.82) is 0 Å². The average molecular weight is 662 g/mol. The second kappa shape index (κ2) is 16.3. The Balaban J connectivity index is 1.78. The zero-order valence-corrected chi connectivity index (χ0v) is 27.9. The van der Waals surface area contributed by atoms with Gasteiger partial charge >= 0.3 is 0 Å². The molecular formula is C36H40ClN3O5S. The lowest BCUT2D eigenvalue weighted by Crippen LogP contribution is -2.53. The smallest absolute Gasteiger partial charge is 0.264 e. The van der Waals surface area contributed by atoms with Crippen LogP contribution in [0, 0.1) is 6.92 Å². The van der Waals surface area contributed by atoms with Crippen molar-refractivity contribution in [2.45, 2.75) is 50.6 Å². The SMILES string of the molecule is CCCCNC(=O)C(Cc1ccccc1)N(Cc1ccc(Cl)cc1)C(=O)CN(c1ccc(OC)cc1)S(=O)(=O)c1ccc(C)cc1. The molecule has 46 heavy (non-hydrogen) atoms. The minimum atomic E-state index is -4.19. The van der Waals surface area contributed by atoms with E-state index >= 15 is 0 Å². The van der Waals surface area contributed by atoms with Crippen LogP contribution in [0.15, 0.2) is 108 Å². The van der Waals surface area contributed by atoms with E-state index in [1.165, 1.54) is 24.1 Å². The maximum atomic E-state index is 14.5. The first-order valence-corrected chi connectivity index (χ1v) is 17.0. The molecule has 0 fully saturated rings. The predicted molar refractivity (Wildman–Crippen MR) is 183 cm³/mol. The van der Waals surface area contributed by atoms with Gasteiger partial charge in [0.2, 0.25) is 11.8 Å². The van der Waals surface area contributed by atoms with Gasteiger partial charge in [0.15, 0.2) is 0 Å². The molecule has 0 saturated carbocycles. The summed E-state index contributed by atoms with van der Waals surface area (Å²) in [7, 11) is -2.67. The number of benzene rings is 4. The molecule has 242 valence electrons. The predicted octanol–water partition coefficient (Wildman–Crippen LogP) is 6.41. The van der Waals surface area contributed by atoms with E-state index in [1.54, 1.807) is 60.7 Å². The van der Waals surface area contributed by atoms with Crippen molar-refractivity contribution in [2.75, 3.05) is 24.5 Å². The molecule has 4 rings (SSSR count). The van der Waals surface area contributed by atoms with E-state index in [0.29, 0.717) is 17.3 Å². The summed E-state index contributed by atoms with van der Waals surface area (Å²) < 4.78 is 34.7. The first-order chi connectivity index (χ1) is 22.1. The normalized spacial score (nSPS) is 11.8. The lowest BCUT2D eigenvalue weighted by molar-refractivity contribution is -0.140. The summed E-state index contributed by atoms with van der Waals surface area (Å²) in [6.07, 6.45) is 1.92. The number of anilines is 1. The monoisotopic (exact) mass is 661 g/mol. The number of carbonyl (C=O) groups excluding carboxylic acids is 2. The Morgan fingerprint density at radius 3 is 2.13 bits per heavy atom. The molecule has 0 aliphatic carbocycles. The summed E-state index contributed by atoms with van der Waals surface area (Å²) in [5.41, 5.74) is 2.80. The maximum absolute atomic E-state index is 14.5. The largest absolute Gasteiger partial charge is 0.497 e. The van der Waals surface area contributed by atoms with Crippen LogP contribution in [0.5, 0.6) is 5.75 Å². The molecule has 0 saturated heterocycles. The van der Waals surface area contributed by atoms with Crippen LogP contribution in [0.4, 0.5) is 5.69 Å². The van der Waals surface area contributed by atoms with Crippen molar-refractivity contribution in [3.05, 3.63) is 125 Å². The van der Waals surface area contributed by atoms with Crippen molar-refractivity contribution in [3.8, 4) is 5.75 Å². The molecule has 0 spiro atoms. The molecule has 8 nitrogen and oxygen atoms in total. The van der Waals surface area contributed by atoms with E-state index in [-0.39, 0.29) is 29.5 Å². The number of nitrogens with one attached hydrogen (secondary N) is 1. The second-order valence-corrected chi connectivity index (χ2v) is 13.3. The Morgan fingerprint density at radius 2 is 1.52 bits per heavy atom. The van der Waals surface area contributed by atoms with E-state index in [2.05, 4.69) is 5.32 Å². The highest BCUT2D eigenvalue weighted by atomic mass is 35.5. The Morgan fingerprint density at radius 1 is 0.870 bits per heavy atom. The average Bonchev–Trinajstić information content (AvgIpc) is 3.06. The fourth-order valence-corrected chi connectivity index (χ4v) is 6.50. The van der Waals surface area contributed by atoms with Crippen LogP contribution in [-0.2, 0) is 32.6 Å². The van der Waals surface area contributed by atoms with Gasteiger partial charge in [0, 0.05) is 24.5 Å². The molecule has 4 aromatic rings. The van der Waals surface area contributed by atoms with Gasteiger partial charge in [-0.15, -0.1) is 0 Å². The van der Waals surface area contributed by atoms with E-state index in [4.69, 9.17) is 16.3 Å². The van der Waals surface area contributed by atoms with Gasteiger partial charge in [-0.05, 0) is 73.0 Å². The van der Waals surface area contributed by atoms with Crippen molar-refractivity contribution < 1.29 is 22.7 Å². The number of nitrogens with zero attached hydrogens (tertiary/aromatic N) is 2. The second-order valence-electron chi connectivity index (χ2n) is 11.0. The summed E-state index contributed by atoms with van der Waals surface area (Å²) in [5, 5.41) is 3.53. The highest BCUT2D eigenvalue weighted by Crippen LogP contribution is 2.27. The van der Waals surface area contributed by atoms with Gasteiger partial charge in [0.05, 0.1) is 17.7 Å². The van der Waals surface area contributed by atoms with Crippen LogP contribution in [0.25, 0.3) is 0 Å². The molecule has 1 N–H and O–H groups in total. The first kappa shape index (κ1) is 34.5. The highest BCUT2D eigenvalue weighted by molar-refractivity contribution is 7.92. The third-order valence-electron chi connectivity index (χ3n) is 7.62. The standard InChI is InChI=1S/C36H40ClN3O5S/c1-4-5-23-38-36(42)34(24-28-9-7-6-8-10-28)39(25-29-13-15-30(37)16-14-29)35(41)26-40(31-17-19-32(45-3)20-18-31)46(43,44)33-21-11-27(2)12-22-33/h6-22,34H,4-5,23-26H2,1-3H3,(H,38,42). The lowest BCUT2D eigenvalue weighted by Gasteiger charge is -2.34. The van der Waals surface area contributed by atoms with Gasteiger partial charge in [-0.25, -0.2) is 8.42 Å². The molecule has 0 bridgehead atoms. The third kappa shape index (κ3) is 9.11. The number of carbonyl (C=O) groups is 2. The first-order valence-electron chi connectivity index (χ1n) is 15.2. The molecule has 4 aromatic carbocycles. The molecule has 10 heteroatoms. The van der Waals surface area contributed by atoms with Crippen molar-refractivity contribution >= 4 is 39.1 Å². The summed E-state index contributed by atoms with van der Waals surface area (Å²) >= 11 is 6.15. The van der Waals surface area contributed by atoms with E-state index < -0.39 is 28.5 Å². The zero-order valence-electron chi connectivity index (χ0n) is 26.4. The van der Waals surface area contributed by atoms with Crippen LogP contribution < -0.4 is 14.4 Å². The quantitative estimate of drug-likeness (QED) is 0.149. The van der Waals surface area contributed by atoms with Crippen LogP contribution in [0.2, 0.25) is 5.02 Å². The van der Waals surface area contributed by atoms with E-state index in [0.717, 1.165) is 33.8 Å². The third-order valence-corrected chi connectivity index (χ3v) is 9.66. The number of sulfonamides is 1. The Hall–Kier alpha value is -4.34. The van der Waals surface area contributed by atoms with E-state index in [1.807, 2.05) is 44.2 Å². The summed E-state index contributed by atoms with van der Waals surface area (Å²) in [5.74, 6) is -0.302. The minimum Gasteiger partial charge on any atom is -0.497 e. The Labute approximate surface area is 277 Å². The van der Waals surface area contributed by atoms with Crippen molar-refractivity contribution in [3.63, 3.8) is 0 Å². The number of halogens is 1. The number of rotatable bonds is 15. The molecule has 1 unspecified atom stereocenters.